The standard InChI is InChI=1S/C18H20N2O5S/c1-13(17(21)14-7-3-2-4-8-14)25-18(22)16-11-15(12-19-16)26(23,24)20-9-5-6-10-20/h2-4,7-8,11-13,19H,5-6,9-10H2,1H3. The Balaban J connectivity index is 1.69. The van der Waals surface area contributed by atoms with Crippen LogP contribution in [0.25, 0.3) is 0 Å². The van der Waals surface area contributed by atoms with Crippen molar-refractivity contribution >= 4 is 21.8 Å². The topological polar surface area (TPSA) is 96.5 Å². The molecule has 8 heteroatoms. The molecule has 0 amide bonds. The summed E-state index contributed by atoms with van der Waals surface area (Å²) in [6.45, 7) is 2.45. The third-order valence-corrected chi connectivity index (χ3v) is 6.17. The molecule has 138 valence electrons. The van der Waals surface area contributed by atoms with Gasteiger partial charge in [-0.3, -0.25) is 4.79 Å². The third kappa shape index (κ3) is 3.71. The molecule has 3 rings (SSSR count). The number of benzene rings is 1. The molecule has 1 aliphatic heterocycles. The number of H-pyrrole nitrogens is 1. The summed E-state index contributed by atoms with van der Waals surface area (Å²) >= 11 is 0. The highest BCUT2D eigenvalue weighted by Gasteiger charge is 2.29. The van der Waals surface area contributed by atoms with Crippen molar-refractivity contribution in [1.82, 2.24) is 9.29 Å². The van der Waals surface area contributed by atoms with E-state index in [4.69, 9.17) is 4.74 Å². The summed E-state index contributed by atoms with van der Waals surface area (Å²) in [6, 6.07) is 9.76. The SMILES string of the molecule is CC(OC(=O)c1cc(S(=O)(=O)N2CCCC2)c[nH]1)C(=O)c1ccccc1. The number of esters is 1. The molecule has 1 saturated heterocycles. The Kier molecular flexibility index (Phi) is 5.24. The Morgan fingerprint density at radius 1 is 1.15 bits per heavy atom. The first kappa shape index (κ1) is 18.3. The molecule has 1 unspecified atom stereocenters. The van der Waals surface area contributed by atoms with Gasteiger partial charge in [-0.05, 0) is 25.8 Å². The fraction of sp³-hybridized carbons (Fsp3) is 0.333. The lowest BCUT2D eigenvalue weighted by Gasteiger charge is -2.13. The van der Waals surface area contributed by atoms with E-state index in [1.165, 1.54) is 23.5 Å². The Hall–Kier alpha value is -2.45. The number of aromatic amines is 1. The van der Waals surface area contributed by atoms with Crippen molar-refractivity contribution in [3.63, 3.8) is 0 Å². The van der Waals surface area contributed by atoms with Crippen molar-refractivity contribution in [2.45, 2.75) is 30.8 Å². The van der Waals surface area contributed by atoms with Gasteiger partial charge in [0, 0.05) is 24.8 Å². The Labute approximate surface area is 152 Å². The third-order valence-electron chi connectivity index (χ3n) is 4.29. The maximum absolute atomic E-state index is 12.5. The number of hydrogen-bond acceptors (Lipinski definition) is 5. The van der Waals surface area contributed by atoms with Gasteiger partial charge in [0.05, 0.1) is 0 Å². The number of nitrogens with one attached hydrogen (secondary N) is 1. The number of carbonyl (C=O) groups excluding carboxylic acids is 2. The minimum absolute atomic E-state index is 0.00418. The number of carbonyl (C=O) groups is 2. The van der Waals surface area contributed by atoms with Gasteiger partial charge in [-0.2, -0.15) is 4.31 Å². The van der Waals surface area contributed by atoms with Crippen LogP contribution >= 0.6 is 0 Å². The largest absolute Gasteiger partial charge is 0.450 e. The van der Waals surface area contributed by atoms with E-state index in [2.05, 4.69) is 4.98 Å². The zero-order valence-electron chi connectivity index (χ0n) is 14.3. The van der Waals surface area contributed by atoms with E-state index in [0.29, 0.717) is 18.7 Å². The van der Waals surface area contributed by atoms with E-state index in [1.807, 2.05) is 0 Å². The van der Waals surface area contributed by atoms with Crippen LogP contribution in [0.5, 0.6) is 0 Å². The molecule has 1 aromatic carbocycles. The highest BCUT2D eigenvalue weighted by atomic mass is 32.2. The first-order valence-electron chi connectivity index (χ1n) is 8.38. The zero-order valence-corrected chi connectivity index (χ0v) is 15.2. The molecule has 0 radical (unpaired) electrons. The fourth-order valence-electron chi connectivity index (χ4n) is 2.83. The first-order valence-corrected chi connectivity index (χ1v) is 9.82. The van der Waals surface area contributed by atoms with Crippen molar-refractivity contribution < 1.29 is 22.7 Å². The van der Waals surface area contributed by atoms with Crippen LogP contribution in [-0.2, 0) is 14.8 Å². The van der Waals surface area contributed by atoms with Gasteiger partial charge in [0.2, 0.25) is 15.8 Å². The molecule has 1 N–H and O–H groups in total. The Bertz CT molecular complexity index is 899. The highest BCUT2D eigenvalue weighted by molar-refractivity contribution is 7.89. The van der Waals surface area contributed by atoms with Crippen LogP contribution in [0.15, 0.2) is 47.5 Å². The molecule has 7 nitrogen and oxygen atoms in total. The lowest BCUT2D eigenvalue weighted by molar-refractivity contribution is 0.0313. The molecule has 1 atom stereocenters. The monoisotopic (exact) mass is 376 g/mol. The highest BCUT2D eigenvalue weighted by Crippen LogP contribution is 2.22. The summed E-state index contributed by atoms with van der Waals surface area (Å²) in [4.78, 5) is 27.1. The van der Waals surface area contributed by atoms with Gasteiger partial charge in [0.15, 0.2) is 6.10 Å². The second-order valence-corrected chi connectivity index (χ2v) is 8.08. The van der Waals surface area contributed by atoms with E-state index < -0.39 is 22.1 Å². The normalized spacial score (nSPS) is 16.3. The molecule has 1 aromatic heterocycles. The predicted octanol–water partition coefficient (Wildman–Crippen LogP) is 2.23. The van der Waals surface area contributed by atoms with Gasteiger partial charge in [0.25, 0.3) is 0 Å². The smallest absolute Gasteiger partial charge is 0.355 e. The van der Waals surface area contributed by atoms with Crippen molar-refractivity contribution in [1.29, 1.82) is 0 Å². The molecule has 1 fully saturated rings. The van der Waals surface area contributed by atoms with Crippen LogP contribution in [0.3, 0.4) is 0 Å². The Morgan fingerprint density at radius 3 is 2.46 bits per heavy atom. The van der Waals surface area contributed by atoms with Crippen LogP contribution in [0.4, 0.5) is 0 Å². The van der Waals surface area contributed by atoms with Crippen LogP contribution in [0.1, 0.15) is 40.6 Å². The molecule has 0 bridgehead atoms. The number of aromatic nitrogens is 1. The summed E-state index contributed by atoms with van der Waals surface area (Å²) < 4.78 is 31.5. The van der Waals surface area contributed by atoms with E-state index in [1.54, 1.807) is 30.3 Å². The lowest BCUT2D eigenvalue weighted by atomic mass is 10.1. The fourth-order valence-corrected chi connectivity index (χ4v) is 4.35. The minimum atomic E-state index is -3.61. The number of ether oxygens (including phenoxy) is 1. The van der Waals surface area contributed by atoms with Crippen molar-refractivity contribution in [2.24, 2.45) is 0 Å². The molecular formula is C18H20N2O5S. The van der Waals surface area contributed by atoms with Crippen LogP contribution < -0.4 is 0 Å². The second-order valence-electron chi connectivity index (χ2n) is 6.14. The van der Waals surface area contributed by atoms with Gasteiger partial charge in [-0.25, -0.2) is 13.2 Å². The maximum Gasteiger partial charge on any atom is 0.355 e. The summed E-state index contributed by atoms with van der Waals surface area (Å²) in [5, 5.41) is 0. The number of rotatable bonds is 6. The molecule has 1 aliphatic rings. The second kappa shape index (κ2) is 7.43. The zero-order chi connectivity index (χ0) is 18.7. The van der Waals surface area contributed by atoms with Gasteiger partial charge in [0.1, 0.15) is 10.6 Å². The van der Waals surface area contributed by atoms with E-state index >= 15 is 0 Å². The number of nitrogens with zero attached hydrogens (tertiary/aromatic N) is 1. The van der Waals surface area contributed by atoms with Gasteiger partial charge < -0.3 is 9.72 Å². The van der Waals surface area contributed by atoms with E-state index in [0.717, 1.165) is 12.8 Å². The number of Topliss-reactive ketones (excluding diaryl/α,β-unsaturated/α-hetero) is 1. The summed E-state index contributed by atoms with van der Waals surface area (Å²) in [6.07, 6.45) is 1.95. The van der Waals surface area contributed by atoms with Crippen molar-refractivity contribution in [3.8, 4) is 0 Å². The number of ketones is 1. The summed E-state index contributed by atoms with van der Waals surface area (Å²) in [5.41, 5.74) is 0.437. The molecule has 2 aromatic rings. The van der Waals surface area contributed by atoms with Crippen molar-refractivity contribution in [3.05, 3.63) is 53.9 Å². The Morgan fingerprint density at radius 2 is 1.81 bits per heavy atom. The predicted molar refractivity (Wildman–Crippen MR) is 94.4 cm³/mol. The van der Waals surface area contributed by atoms with Crippen LogP contribution in [-0.4, -0.2) is 48.7 Å². The van der Waals surface area contributed by atoms with Crippen LogP contribution in [0, 0.1) is 0 Å². The quantitative estimate of drug-likeness (QED) is 0.616. The molecular weight excluding hydrogens is 356 g/mol. The molecule has 2 heterocycles. The lowest BCUT2D eigenvalue weighted by Crippen LogP contribution is -2.27. The number of sulfonamides is 1. The van der Waals surface area contributed by atoms with E-state index in [-0.39, 0.29) is 16.4 Å². The van der Waals surface area contributed by atoms with Gasteiger partial charge >= 0.3 is 5.97 Å². The molecule has 0 saturated carbocycles. The maximum atomic E-state index is 12.5. The molecule has 26 heavy (non-hydrogen) atoms. The first-order chi connectivity index (χ1) is 12.4. The summed E-state index contributed by atoms with van der Waals surface area (Å²) in [7, 11) is -3.61. The minimum Gasteiger partial charge on any atom is -0.450 e. The molecule has 0 spiro atoms. The van der Waals surface area contributed by atoms with Crippen molar-refractivity contribution in [2.75, 3.05) is 13.1 Å². The molecule has 0 aliphatic carbocycles. The summed E-state index contributed by atoms with van der Waals surface area (Å²) in [5.74, 6) is -1.10. The average molecular weight is 376 g/mol. The van der Waals surface area contributed by atoms with Gasteiger partial charge in [-0.15, -0.1) is 0 Å². The average Bonchev–Trinajstić information content (AvgIpc) is 3.33. The van der Waals surface area contributed by atoms with Crippen LogP contribution in [0.2, 0.25) is 0 Å². The van der Waals surface area contributed by atoms with Gasteiger partial charge in [-0.1, -0.05) is 30.3 Å². The number of hydrogen-bond donors (Lipinski definition) is 1. The van der Waals surface area contributed by atoms with E-state index in [9.17, 15) is 18.0 Å².